The fourth-order valence-corrected chi connectivity index (χ4v) is 0.778. The molecule has 0 aliphatic heterocycles. The van der Waals surface area contributed by atoms with Crippen LogP contribution in [0.5, 0.6) is 0 Å². The minimum atomic E-state index is -1.44. The van der Waals surface area contributed by atoms with Crippen LogP contribution in [-0.4, -0.2) is 33.5 Å². The third-order valence-corrected chi connectivity index (χ3v) is 1.28. The van der Waals surface area contributed by atoms with Gasteiger partial charge < -0.3 is 15.3 Å². The van der Waals surface area contributed by atoms with Crippen LogP contribution in [-0.2, 0) is 4.79 Å². The van der Waals surface area contributed by atoms with Gasteiger partial charge in [-0.2, -0.15) is 0 Å². The zero-order chi connectivity index (χ0) is 8.91. The highest BCUT2D eigenvalue weighted by Gasteiger charge is 2.23. The zero-order valence-electron chi connectivity index (χ0n) is 6.29. The van der Waals surface area contributed by atoms with Crippen LogP contribution in [0.2, 0.25) is 0 Å². The van der Waals surface area contributed by atoms with E-state index >= 15 is 0 Å². The summed E-state index contributed by atoms with van der Waals surface area (Å²) in [6.07, 6.45) is 0.191. The lowest BCUT2D eigenvalue weighted by Gasteiger charge is -2.19. The molecule has 0 heterocycles. The van der Waals surface area contributed by atoms with Gasteiger partial charge in [0.2, 0.25) is 0 Å². The predicted octanol–water partition coefficient (Wildman–Crippen LogP) is -0.201. The largest absolute Gasteiger partial charge is 0.481 e. The Morgan fingerprint density at radius 1 is 1.55 bits per heavy atom. The molecule has 0 rings (SSSR count). The van der Waals surface area contributed by atoms with Crippen molar-refractivity contribution in [3.8, 4) is 0 Å². The minimum Gasteiger partial charge on any atom is -0.481 e. The lowest BCUT2D eigenvalue weighted by atomic mass is 9.97. The summed E-state index contributed by atoms with van der Waals surface area (Å²) in [6, 6.07) is 0. The molecule has 1 atom stereocenters. The zero-order valence-corrected chi connectivity index (χ0v) is 6.29. The number of hydrogen-bond donors (Lipinski definition) is 3. The van der Waals surface area contributed by atoms with E-state index in [4.69, 9.17) is 10.2 Å². The average molecular weight is 161 g/mol. The van der Waals surface area contributed by atoms with Crippen LogP contribution in [0, 0.1) is 6.92 Å². The Morgan fingerprint density at radius 3 is 2.45 bits per heavy atom. The molecule has 0 saturated heterocycles. The van der Waals surface area contributed by atoms with E-state index in [0.29, 0.717) is 6.42 Å². The molecule has 0 aromatic rings. The van der Waals surface area contributed by atoms with Crippen molar-refractivity contribution in [2.45, 2.75) is 24.9 Å². The first kappa shape index (κ1) is 10.4. The van der Waals surface area contributed by atoms with E-state index in [0.717, 1.165) is 0 Å². The monoisotopic (exact) mass is 161 g/mol. The molecule has 0 fully saturated rings. The Balaban J connectivity index is 3.70. The van der Waals surface area contributed by atoms with E-state index in [-0.39, 0.29) is 19.4 Å². The summed E-state index contributed by atoms with van der Waals surface area (Å²) in [5.74, 6) is -1.08. The minimum absolute atomic E-state index is 0.0581. The number of carbonyl (C=O) groups is 1. The molecule has 0 bridgehead atoms. The second kappa shape index (κ2) is 4.31. The van der Waals surface area contributed by atoms with Crippen LogP contribution in [0.15, 0.2) is 0 Å². The molecule has 11 heavy (non-hydrogen) atoms. The van der Waals surface area contributed by atoms with E-state index in [1.165, 1.54) is 0 Å². The van der Waals surface area contributed by atoms with Crippen LogP contribution in [0.3, 0.4) is 0 Å². The van der Waals surface area contributed by atoms with Gasteiger partial charge in [-0.1, -0.05) is 0 Å². The van der Waals surface area contributed by atoms with E-state index in [2.05, 4.69) is 6.92 Å². The highest BCUT2D eigenvalue weighted by Crippen LogP contribution is 2.15. The lowest BCUT2D eigenvalue weighted by molar-refractivity contribution is -0.141. The molecule has 4 heteroatoms. The van der Waals surface area contributed by atoms with Crippen molar-refractivity contribution in [1.82, 2.24) is 0 Å². The molecule has 0 spiro atoms. The molecule has 4 nitrogen and oxygen atoms in total. The van der Waals surface area contributed by atoms with Crippen molar-refractivity contribution in [3.05, 3.63) is 6.92 Å². The fourth-order valence-electron chi connectivity index (χ4n) is 0.778. The standard InChI is InChI=1S/C7H13O4/c1-7(11,3-2-4-8)5-6(9)10/h8,11H,1-5H2,(H,9,10). The second-order valence-corrected chi connectivity index (χ2v) is 2.62. The molecule has 0 saturated carbocycles. The van der Waals surface area contributed by atoms with Gasteiger partial charge in [0, 0.05) is 6.61 Å². The number of hydrogen-bond acceptors (Lipinski definition) is 3. The number of aliphatic hydroxyl groups excluding tert-OH is 1. The van der Waals surface area contributed by atoms with Gasteiger partial charge in [0.1, 0.15) is 0 Å². The number of carboxylic acid groups (broad SMARTS) is 1. The van der Waals surface area contributed by atoms with Gasteiger partial charge in [-0.25, -0.2) is 0 Å². The van der Waals surface area contributed by atoms with E-state index in [9.17, 15) is 9.90 Å². The maximum absolute atomic E-state index is 10.1. The van der Waals surface area contributed by atoms with Gasteiger partial charge in [-0.15, -0.1) is 0 Å². The molecular weight excluding hydrogens is 148 g/mol. The molecule has 0 aromatic carbocycles. The molecule has 1 unspecified atom stereocenters. The van der Waals surface area contributed by atoms with E-state index < -0.39 is 11.6 Å². The van der Waals surface area contributed by atoms with Gasteiger partial charge in [0.25, 0.3) is 0 Å². The summed E-state index contributed by atoms with van der Waals surface area (Å²) in [7, 11) is 0. The number of aliphatic hydroxyl groups is 2. The summed E-state index contributed by atoms with van der Waals surface area (Å²) >= 11 is 0. The SMILES string of the molecule is [CH2]C(O)(CCCO)CC(=O)O. The van der Waals surface area contributed by atoms with Crippen molar-refractivity contribution < 1.29 is 20.1 Å². The summed E-state index contributed by atoms with van der Waals surface area (Å²) in [4.78, 5) is 10.1. The first-order chi connectivity index (χ1) is 4.98. The molecule has 65 valence electrons. The number of rotatable bonds is 5. The van der Waals surface area contributed by atoms with Crippen molar-refractivity contribution in [3.63, 3.8) is 0 Å². The van der Waals surface area contributed by atoms with Crippen LogP contribution in [0.25, 0.3) is 0 Å². The van der Waals surface area contributed by atoms with E-state index in [1.807, 2.05) is 0 Å². The summed E-state index contributed by atoms with van der Waals surface area (Å²) < 4.78 is 0. The normalized spacial score (nSPS) is 15.9. The Kier molecular flexibility index (Phi) is 4.07. The van der Waals surface area contributed by atoms with Crippen molar-refractivity contribution in [1.29, 1.82) is 0 Å². The molecule has 3 N–H and O–H groups in total. The van der Waals surface area contributed by atoms with Gasteiger partial charge in [-0.05, 0) is 19.8 Å². The second-order valence-electron chi connectivity index (χ2n) is 2.62. The van der Waals surface area contributed by atoms with Crippen LogP contribution in [0.1, 0.15) is 19.3 Å². The topological polar surface area (TPSA) is 77.8 Å². The molecule has 0 aliphatic carbocycles. The number of aliphatic carboxylic acids is 1. The Labute approximate surface area is 65.5 Å². The van der Waals surface area contributed by atoms with Crippen LogP contribution >= 0.6 is 0 Å². The average Bonchev–Trinajstić information content (AvgIpc) is 1.81. The highest BCUT2D eigenvalue weighted by atomic mass is 16.4. The first-order valence-electron chi connectivity index (χ1n) is 3.38. The molecule has 0 aromatic heterocycles. The number of carboxylic acids is 1. The highest BCUT2D eigenvalue weighted by molar-refractivity contribution is 5.68. The smallest absolute Gasteiger partial charge is 0.306 e. The third kappa shape index (κ3) is 5.82. The van der Waals surface area contributed by atoms with E-state index in [1.54, 1.807) is 0 Å². The maximum Gasteiger partial charge on any atom is 0.306 e. The Morgan fingerprint density at radius 2 is 2.09 bits per heavy atom. The summed E-state index contributed by atoms with van der Waals surface area (Å²) in [5.41, 5.74) is -1.44. The van der Waals surface area contributed by atoms with Gasteiger partial charge in [-0.3, -0.25) is 4.79 Å². The van der Waals surface area contributed by atoms with Crippen molar-refractivity contribution in [2.75, 3.05) is 6.61 Å². The molecule has 1 radical (unpaired) electrons. The Bertz CT molecular complexity index is 130. The maximum atomic E-state index is 10.1. The summed E-state index contributed by atoms with van der Waals surface area (Å²) in [6.45, 7) is 3.25. The molecule has 0 aliphatic rings. The fraction of sp³-hybridized carbons (Fsp3) is 0.714. The Hall–Kier alpha value is -0.610. The van der Waals surface area contributed by atoms with Gasteiger partial charge in [0.05, 0.1) is 12.0 Å². The lowest BCUT2D eigenvalue weighted by Crippen LogP contribution is -2.28. The first-order valence-corrected chi connectivity index (χ1v) is 3.38. The third-order valence-electron chi connectivity index (χ3n) is 1.28. The van der Waals surface area contributed by atoms with Crippen molar-refractivity contribution >= 4 is 5.97 Å². The summed E-state index contributed by atoms with van der Waals surface area (Å²) in [5, 5.41) is 25.9. The van der Waals surface area contributed by atoms with Gasteiger partial charge in [0.15, 0.2) is 0 Å². The molecular formula is C7H13O4. The predicted molar refractivity (Wildman–Crippen MR) is 38.9 cm³/mol. The van der Waals surface area contributed by atoms with Gasteiger partial charge >= 0.3 is 5.97 Å². The van der Waals surface area contributed by atoms with Crippen molar-refractivity contribution in [2.24, 2.45) is 0 Å². The van der Waals surface area contributed by atoms with Crippen LogP contribution < -0.4 is 0 Å². The molecule has 0 amide bonds. The van der Waals surface area contributed by atoms with Crippen LogP contribution in [0.4, 0.5) is 0 Å². The quantitative estimate of drug-likeness (QED) is 0.521.